The van der Waals surface area contributed by atoms with Gasteiger partial charge < -0.3 is 19.4 Å². The monoisotopic (exact) mass is 402 g/mol. The van der Waals surface area contributed by atoms with Gasteiger partial charge in [-0.15, -0.1) is 11.8 Å². The molecule has 1 aliphatic heterocycles. The first kappa shape index (κ1) is 20.0. The number of thioether (sulfide) groups is 1. The third kappa shape index (κ3) is 4.39. The first-order valence-electron chi connectivity index (χ1n) is 8.99. The van der Waals surface area contributed by atoms with E-state index in [1.165, 1.54) is 29.8 Å². The lowest BCUT2D eigenvalue weighted by atomic mass is 10.1. The Morgan fingerprint density at radius 3 is 2.71 bits per heavy atom. The predicted molar refractivity (Wildman–Crippen MR) is 106 cm³/mol. The molecular weight excluding hydrogens is 380 g/mol. The Kier molecular flexibility index (Phi) is 6.41. The van der Waals surface area contributed by atoms with Crippen molar-refractivity contribution in [3.63, 3.8) is 0 Å². The number of nitrogens with one attached hydrogen (secondary N) is 1. The van der Waals surface area contributed by atoms with Gasteiger partial charge in [0.15, 0.2) is 6.61 Å². The molecule has 0 spiro atoms. The lowest BCUT2D eigenvalue weighted by Gasteiger charge is -2.25. The van der Waals surface area contributed by atoms with Crippen LogP contribution in [0.15, 0.2) is 47.1 Å². The Balaban J connectivity index is 1.59. The van der Waals surface area contributed by atoms with E-state index in [0.717, 1.165) is 12.0 Å². The number of anilines is 1. The predicted octanol–water partition coefficient (Wildman–Crippen LogP) is 2.99. The maximum atomic E-state index is 12.5. The summed E-state index contributed by atoms with van der Waals surface area (Å²) < 4.78 is 10.6. The van der Waals surface area contributed by atoms with Crippen molar-refractivity contribution in [2.75, 3.05) is 17.7 Å². The largest absolute Gasteiger partial charge is 0.466 e. The molecular formula is C20H22N2O5S. The summed E-state index contributed by atoms with van der Waals surface area (Å²) in [7, 11) is 0. The van der Waals surface area contributed by atoms with Gasteiger partial charge in [-0.3, -0.25) is 9.59 Å². The standard InChI is InChI=1S/C20H22N2O5S/c1-3-14-7-4-5-8-15(14)21-18(24)11-27-20(25)16-12-28-19(22(16)13(2)23)17-9-6-10-26-17/h4-10,16,19H,3,11-12H2,1-2H3,(H,21,24)/t16-,19-/m1/s1. The van der Waals surface area contributed by atoms with E-state index in [0.29, 0.717) is 17.2 Å². The number of rotatable bonds is 6. The van der Waals surface area contributed by atoms with Crippen LogP contribution >= 0.6 is 11.8 Å². The Morgan fingerprint density at radius 2 is 2.04 bits per heavy atom. The van der Waals surface area contributed by atoms with Crippen LogP contribution in [0.5, 0.6) is 0 Å². The Morgan fingerprint density at radius 1 is 1.25 bits per heavy atom. The highest BCUT2D eigenvalue weighted by Gasteiger charge is 2.43. The van der Waals surface area contributed by atoms with Crippen molar-refractivity contribution in [2.45, 2.75) is 31.7 Å². The number of benzene rings is 1. The van der Waals surface area contributed by atoms with Crippen molar-refractivity contribution in [3.8, 4) is 0 Å². The van der Waals surface area contributed by atoms with Crippen LogP contribution < -0.4 is 5.32 Å². The molecule has 1 aliphatic rings. The van der Waals surface area contributed by atoms with Crippen molar-refractivity contribution in [1.29, 1.82) is 0 Å². The van der Waals surface area contributed by atoms with Crippen molar-refractivity contribution in [1.82, 2.24) is 4.90 Å². The van der Waals surface area contributed by atoms with Crippen molar-refractivity contribution >= 4 is 35.2 Å². The van der Waals surface area contributed by atoms with E-state index < -0.39 is 24.5 Å². The Bertz CT molecular complexity index is 852. The number of esters is 1. The van der Waals surface area contributed by atoms with Gasteiger partial charge in [-0.2, -0.15) is 0 Å². The van der Waals surface area contributed by atoms with Crippen LogP contribution in [-0.2, 0) is 25.5 Å². The second-order valence-corrected chi connectivity index (χ2v) is 7.42. The zero-order valence-corrected chi connectivity index (χ0v) is 16.5. The molecule has 28 heavy (non-hydrogen) atoms. The third-order valence-electron chi connectivity index (χ3n) is 4.44. The Labute approximate surface area is 167 Å². The zero-order chi connectivity index (χ0) is 20.1. The molecule has 1 aromatic heterocycles. The average molecular weight is 402 g/mol. The van der Waals surface area contributed by atoms with Crippen LogP contribution in [-0.4, -0.2) is 41.1 Å². The molecule has 148 valence electrons. The van der Waals surface area contributed by atoms with E-state index in [2.05, 4.69) is 5.32 Å². The maximum absolute atomic E-state index is 12.5. The fourth-order valence-electron chi connectivity index (χ4n) is 3.09. The number of furan rings is 1. The number of carbonyl (C=O) groups is 3. The molecule has 0 radical (unpaired) electrons. The quantitative estimate of drug-likeness (QED) is 0.748. The first-order valence-corrected chi connectivity index (χ1v) is 10.0. The minimum Gasteiger partial charge on any atom is -0.466 e. The molecule has 2 atom stereocenters. The van der Waals surface area contributed by atoms with E-state index >= 15 is 0 Å². The summed E-state index contributed by atoms with van der Waals surface area (Å²) in [5.41, 5.74) is 1.70. The van der Waals surface area contributed by atoms with Gasteiger partial charge in [0.05, 0.1) is 6.26 Å². The van der Waals surface area contributed by atoms with Crippen LogP contribution in [0, 0.1) is 0 Å². The number of aryl methyl sites for hydroxylation is 1. The Hall–Kier alpha value is -2.74. The van der Waals surface area contributed by atoms with Gasteiger partial charge in [-0.25, -0.2) is 4.79 Å². The summed E-state index contributed by atoms with van der Waals surface area (Å²) in [4.78, 5) is 38.2. The first-order chi connectivity index (χ1) is 13.5. The lowest BCUT2D eigenvalue weighted by Crippen LogP contribution is -2.43. The molecule has 1 N–H and O–H groups in total. The highest BCUT2D eigenvalue weighted by atomic mass is 32.2. The summed E-state index contributed by atoms with van der Waals surface area (Å²) in [5.74, 6) is -0.295. The average Bonchev–Trinajstić information content (AvgIpc) is 3.35. The maximum Gasteiger partial charge on any atom is 0.330 e. The number of para-hydroxylation sites is 1. The molecule has 0 bridgehead atoms. The second kappa shape index (κ2) is 8.97. The molecule has 3 rings (SSSR count). The zero-order valence-electron chi connectivity index (χ0n) is 15.7. The van der Waals surface area contributed by atoms with E-state index in [1.807, 2.05) is 25.1 Å². The highest BCUT2D eigenvalue weighted by molar-refractivity contribution is 7.99. The van der Waals surface area contributed by atoms with E-state index in [4.69, 9.17) is 9.15 Å². The summed E-state index contributed by atoms with van der Waals surface area (Å²) in [5, 5.41) is 2.38. The SMILES string of the molecule is CCc1ccccc1NC(=O)COC(=O)[C@H]1CS[C@H](c2ccco2)N1C(C)=O. The summed E-state index contributed by atoms with van der Waals surface area (Å²) >= 11 is 1.42. The minimum atomic E-state index is -0.756. The summed E-state index contributed by atoms with van der Waals surface area (Å²) in [6, 6.07) is 10.2. The fourth-order valence-corrected chi connectivity index (χ4v) is 4.51. The molecule has 1 fully saturated rings. The molecule has 7 nitrogen and oxygen atoms in total. The number of hydrogen-bond donors (Lipinski definition) is 1. The number of amides is 2. The minimum absolute atomic E-state index is 0.255. The van der Waals surface area contributed by atoms with Crippen LogP contribution in [0.3, 0.4) is 0 Å². The smallest absolute Gasteiger partial charge is 0.330 e. The molecule has 0 unspecified atom stereocenters. The molecule has 0 saturated carbocycles. The van der Waals surface area contributed by atoms with Gasteiger partial charge in [0.2, 0.25) is 5.91 Å². The second-order valence-electron chi connectivity index (χ2n) is 6.31. The van der Waals surface area contributed by atoms with Crippen LogP contribution in [0.2, 0.25) is 0 Å². The topological polar surface area (TPSA) is 88.8 Å². The third-order valence-corrected chi connectivity index (χ3v) is 5.72. The van der Waals surface area contributed by atoms with Crippen LogP contribution in [0.4, 0.5) is 5.69 Å². The van der Waals surface area contributed by atoms with Crippen LogP contribution in [0.25, 0.3) is 0 Å². The van der Waals surface area contributed by atoms with E-state index in [9.17, 15) is 14.4 Å². The molecule has 2 amide bonds. The van der Waals surface area contributed by atoms with E-state index in [1.54, 1.807) is 18.2 Å². The molecule has 2 aromatic rings. The van der Waals surface area contributed by atoms with Gasteiger partial charge in [-0.05, 0) is 30.2 Å². The molecule has 1 saturated heterocycles. The van der Waals surface area contributed by atoms with Gasteiger partial charge in [0, 0.05) is 18.4 Å². The van der Waals surface area contributed by atoms with Gasteiger partial charge in [-0.1, -0.05) is 25.1 Å². The number of carbonyl (C=O) groups excluding carboxylic acids is 3. The van der Waals surface area contributed by atoms with Gasteiger partial charge in [0.1, 0.15) is 17.2 Å². The van der Waals surface area contributed by atoms with Crippen molar-refractivity contribution < 1.29 is 23.5 Å². The molecule has 2 heterocycles. The molecule has 0 aliphatic carbocycles. The van der Waals surface area contributed by atoms with Gasteiger partial charge >= 0.3 is 5.97 Å². The number of nitrogens with zero attached hydrogens (tertiary/aromatic N) is 1. The summed E-state index contributed by atoms with van der Waals surface area (Å²) in [6.07, 6.45) is 2.30. The molecule has 1 aromatic carbocycles. The number of ether oxygens (including phenoxy) is 1. The molecule has 8 heteroatoms. The van der Waals surface area contributed by atoms with Gasteiger partial charge in [0.25, 0.3) is 5.91 Å². The van der Waals surface area contributed by atoms with Crippen molar-refractivity contribution in [2.24, 2.45) is 0 Å². The highest BCUT2D eigenvalue weighted by Crippen LogP contribution is 2.41. The fraction of sp³-hybridized carbons (Fsp3) is 0.350. The summed E-state index contributed by atoms with van der Waals surface area (Å²) in [6.45, 7) is 2.99. The number of hydrogen-bond acceptors (Lipinski definition) is 6. The van der Waals surface area contributed by atoms with E-state index in [-0.39, 0.29) is 11.3 Å². The normalized spacial score (nSPS) is 18.7. The van der Waals surface area contributed by atoms with Crippen molar-refractivity contribution in [3.05, 3.63) is 54.0 Å². The van der Waals surface area contributed by atoms with Crippen LogP contribution in [0.1, 0.15) is 30.5 Å². The lowest BCUT2D eigenvalue weighted by molar-refractivity contribution is -0.155.